The molecule has 0 radical (unpaired) electrons. The molecule has 0 aliphatic heterocycles. The van der Waals surface area contributed by atoms with Gasteiger partial charge in [0.25, 0.3) is 5.91 Å². The summed E-state index contributed by atoms with van der Waals surface area (Å²) >= 11 is 3.13. The summed E-state index contributed by atoms with van der Waals surface area (Å²) in [5.41, 5.74) is 5.68. The summed E-state index contributed by atoms with van der Waals surface area (Å²) in [5.74, 6) is -0.848. The molecule has 4 N–H and O–H groups in total. The van der Waals surface area contributed by atoms with Crippen molar-refractivity contribution in [3.63, 3.8) is 0 Å². The third-order valence-electron chi connectivity index (χ3n) is 2.45. The molecule has 0 atom stereocenters. The van der Waals surface area contributed by atoms with Gasteiger partial charge in [-0.05, 0) is 47.3 Å². The Morgan fingerprint density at radius 3 is 2.78 bits per heavy atom. The van der Waals surface area contributed by atoms with E-state index in [4.69, 9.17) is 10.8 Å². The van der Waals surface area contributed by atoms with Gasteiger partial charge < -0.3 is 16.2 Å². The Kier molecular flexibility index (Phi) is 6.07. The van der Waals surface area contributed by atoms with Gasteiger partial charge in [-0.2, -0.15) is 0 Å². The number of hydrogen-bond donors (Lipinski definition) is 3. The van der Waals surface area contributed by atoms with Crippen molar-refractivity contribution in [2.24, 2.45) is 0 Å². The fourth-order valence-electron chi connectivity index (χ4n) is 1.45. The quantitative estimate of drug-likeness (QED) is 0.555. The largest absolute Gasteiger partial charge is 0.396 e. The van der Waals surface area contributed by atoms with Crippen LogP contribution in [0.5, 0.6) is 0 Å². The maximum Gasteiger partial charge on any atom is 0.252 e. The van der Waals surface area contributed by atoms with E-state index in [1.165, 1.54) is 12.1 Å². The lowest BCUT2D eigenvalue weighted by molar-refractivity contribution is 0.0952. The topological polar surface area (TPSA) is 75.4 Å². The van der Waals surface area contributed by atoms with Crippen LogP contribution in [-0.4, -0.2) is 24.2 Å². The minimum Gasteiger partial charge on any atom is -0.396 e. The van der Waals surface area contributed by atoms with E-state index >= 15 is 0 Å². The highest BCUT2D eigenvalue weighted by atomic mass is 79.9. The van der Waals surface area contributed by atoms with Gasteiger partial charge >= 0.3 is 0 Å². The monoisotopic (exact) mass is 318 g/mol. The predicted molar refractivity (Wildman–Crippen MR) is 71.8 cm³/mol. The summed E-state index contributed by atoms with van der Waals surface area (Å²) in [6.45, 7) is 0.677. The summed E-state index contributed by atoms with van der Waals surface area (Å²) in [5, 5.41) is 11.3. The SMILES string of the molecule is Nc1cc(C(=O)NCCCCCO)c(Br)cc1F. The van der Waals surface area contributed by atoms with Crippen molar-refractivity contribution in [3.8, 4) is 0 Å². The number of carbonyl (C=O) groups is 1. The summed E-state index contributed by atoms with van der Waals surface area (Å²) < 4.78 is 13.5. The van der Waals surface area contributed by atoms with Gasteiger partial charge in [-0.25, -0.2) is 4.39 Å². The van der Waals surface area contributed by atoms with Gasteiger partial charge in [0, 0.05) is 17.6 Å². The fraction of sp³-hybridized carbons (Fsp3) is 0.417. The maximum absolute atomic E-state index is 13.1. The molecule has 1 aromatic carbocycles. The molecule has 1 rings (SSSR count). The number of aliphatic hydroxyl groups excluding tert-OH is 1. The number of rotatable bonds is 6. The fourth-order valence-corrected chi connectivity index (χ4v) is 1.95. The zero-order chi connectivity index (χ0) is 13.5. The van der Waals surface area contributed by atoms with Crippen molar-refractivity contribution in [1.29, 1.82) is 0 Å². The smallest absolute Gasteiger partial charge is 0.252 e. The summed E-state index contributed by atoms with van der Waals surface area (Å²) in [4.78, 5) is 11.8. The third kappa shape index (κ3) is 4.27. The van der Waals surface area contributed by atoms with Gasteiger partial charge in [0.05, 0.1) is 11.3 Å². The first-order valence-electron chi connectivity index (χ1n) is 5.70. The van der Waals surface area contributed by atoms with Crippen LogP contribution in [0.4, 0.5) is 10.1 Å². The molecule has 0 saturated heterocycles. The Labute approximate surface area is 113 Å². The van der Waals surface area contributed by atoms with Crippen LogP contribution in [0.2, 0.25) is 0 Å². The molecule has 0 bridgehead atoms. The molecule has 100 valence electrons. The molecule has 0 aromatic heterocycles. The first-order valence-corrected chi connectivity index (χ1v) is 6.49. The summed E-state index contributed by atoms with van der Waals surface area (Å²) in [7, 11) is 0. The van der Waals surface area contributed by atoms with Crippen LogP contribution in [0.25, 0.3) is 0 Å². The van der Waals surface area contributed by atoms with Crippen LogP contribution < -0.4 is 11.1 Å². The zero-order valence-electron chi connectivity index (χ0n) is 9.88. The highest BCUT2D eigenvalue weighted by Crippen LogP contribution is 2.22. The Balaban J connectivity index is 2.54. The standard InChI is InChI=1S/C12H16BrFN2O2/c13-9-7-10(14)11(15)6-8(9)12(18)16-4-2-1-3-5-17/h6-7,17H,1-5,15H2,(H,16,18). The number of nitrogens with two attached hydrogens (primary N) is 1. The van der Waals surface area contributed by atoms with Crippen molar-refractivity contribution in [3.05, 3.63) is 28.0 Å². The molecule has 0 aliphatic carbocycles. The molecule has 1 amide bonds. The van der Waals surface area contributed by atoms with Gasteiger partial charge in [-0.15, -0.1) is 0 Å². The van der Waals surface area contributed by atoms with Crippen LogP contribution >= 0.6 is 15.9 Å². The minimum atomic E-state index is -0.554. The van der Waals surface area contributed by atoms with Crippen LogP contribution in [-0.2, 0) is 0 Å². The summed E-state index contributed by atoms with van der Waals surface area (Å²) in [6.07, 6.45) is 2.37. The number of aliphatic hydroxyl groups is 1. The van der Waals surface area contributed by atoms with E-state index < -0.39 is 5.82 Å². The molecule has 4 nitrogen and oxygen atoms in total. The van der Waals surface area contributed by atoms with Crippen molar-refractivity contribution in [2.45, 2.75) is 19.3 Å². The number of anilines is 1. The van der Waals surface area contributed by atoms with Gasteiger partial charge in [0.15, 0.2) is 0 Å². The van der Waals surface area contributed by atoms with Crippen molar-refractivity contribution in [1.82, 2.24) is 5.32 Å². The molecule has 0 heterocycles. The summed E-state index contributed by atoms with van der Waals surface area (Å²) in [6, 6.07) is 2.48. The number of benzene rings is 1. The number of amides is 1. The molecule has 1 aromatic rings. The first-order chi connectivity index (χ1) is 8.56. The first kappa shape index (κ1) is 14.9. The Bertz CT molecular complexity index is 427. The van der Waals surface area contributed by atoms with Crippen molar-refractivity contribution in [2.75, 3.05) is 18.9 Å². The average Bonchev–Trinajstić information content (AvgIpc) is 2.33. The van der Waals surface area contributed by atoms with Gasteiger partial charge in [-0.3, -0.25) is 4.79 Å². The number of nitrogen functional groups attached to an aromatic ring is 1. The molecule has 0 fully saturated rings. The third-order valence-corrected chi connectivity index (χ3v) is 3.11. The molecular formula is C12H16BrFN2O2. The van der Waals surface area contributed by atoms with Crippen molar-refractivity contribution < 1.29 is 14.3 Å². The van der Waals surface area contributed by atoms with E-state index in [-0.39, 0.29) is 18.2 Å². The second-order valence-corrected chi connectivity index (χ2v) is 4.75. The van der Waals surface area contributed by atoms with E-state index in [0.717, 1.165) is 19.3 Å². The predicted octanol–water partition coefficient (Wildman–Crippen LogP) is 2.06. The van der Waals surface area contributed by atoms with Crippen LogP contribution in [0.15, 0.2) is 16.6 Å². The maximum atomic E-state index is 13.1. The molecule has 0 unspecified atom stereocenters. The van der Waals surface area contributed by atoms with Gasteiger partial charge in [0.2, 0.25) is 0 Å². The molecule has 18 heavy (non-hydrogen) atoms. The van der Waals surface area contributed by atoms with E-state index in [2.05, 4.69) is 21.2 Å². The lowest BCUT2D eigenvalue weighted by Gasteiger charge is -2.08. The minimum absolute atomic E-state index is 0.0522. The van der Waals surface area contributed by atoms with E-state index in [9.17, 15) is 9.18 Å². The van der Waals surface area contributed by atoms with E-state index in [0.29, 0.717) is 16.6 Å². The van der Waals surface area contributed by atoms with Crippen LogP contribution in [0.1, 0.15) is 29.6 Å². The Morgan fingerprint density at radius 2 is 2.11 bits per heavy atom. The van der Waals surface area contributed by atoms with E-state index in [1.807, 2.05) is 0 Å². The zero-order valence-corrected chi connectivity index (χ0v) is 11.5. The lowest BCUT2D eigenvalue weighted by atomic mass is 10.1. The molecule has 0 saturated carbocycles. The second kappa shape index (κ2) is 7.33. The normalized spacial score (nSPS) is 10.4. The number of hydrogen-bond acceptors (Lipinski definition) is 3. The molecule has 0 spiro atoms. The number of carbonyl (C=O) groups excluding carboxylic acids is 1. The lowest BCUT2D eigenvalue weighted by Crippen LogP contribution is -2.25. The highest BCUT2D eigenvalue weighted by Gasteiger charge is 2.12. The van der Waals surface area contributed by atoms with Crippen LogP contribution in [0, 0.1) is 5.82 Å². The molecule has 0 aliphatic rings. The molecule has 6 heteroatoms. The number of unbranched alkanes of at least 4 members (excludes halogenated alkanes) is 2. The average molecular weight is 319 g/mol. The number of halogens is 2. The Morgan fingerprint density at radius 1 is 1.39 bits per heavy atom. The molecular weight excluding hydrogens is 303 g/mol. The Hall–Kier alpha value is -1.14. The van der Waals surface area contributed by atoms with Crippen molar-refractivity contribution >= 4 is 27.5 Å². The second-order valence-electron chi connectivity index (χ2n) is 3.89. The van der Waals surface area contributed by atoms with Crippen LogP contribution in [0.3, 0.4) is 0 Å². The van der Waals surface area contributed by atoms with E-state index in [1.54, 1.807) is 0 Å². The van der Waals surface area contributed by atoms with Gasteiger partial charge in [0.1, 0.15) is 5.82 Å². The highest BCUT2D eigenvalue weighted by molar-refractivity contribution is 9.10. The number of nitrogens with one attached hydrogen (secondary N) is 1. The van der Waals surface area contributed by atoms with Gasteiger partial charge in [-0.1, -0.05) is 0 Å².